The van der Waals surface area contributed by atoms with Crippen molar-refractivity contribution in [2.24, 2.45) is 0 Å². The zero-order chi connectivity index (χ0) is 14.8. The molecule has 0 atom stereocenters. The van der Waals surface area contributed by atoms with Crippen LogP contribution in [0.2, 0.25) is 0 Å². The molecule has 1 rings (SSSR count). The van der Waals surface area contributed by atoms with Gasteiger partial charge in [-0.2, -0.15) is 0 Å². The number of Topliss-reactive ketones (excluding diaryl/α,β-unsaturated/α-hetero) is 1. The van der Waals surface area contributed by atoms with E-state index in [0.29, 0.717) is 5.75 Å². The fourth-order valence-electron chi connectivity index (χ4n) is 1.35. The molecule has 0 aliphatic carbocycles. The molecule has 6 heteroatoms. The third-order valence-corrected chi connectivity index (χ3v) is 2.43. The number of esters is 1. The van der Waals surface area contributed by atoms with Gasteiger partial charge in [-0.1, -0.05) is 18.2 Å². The van der Waals surface area contributed by atoms with Crippen LogP contribution in [-0.4, -0.2) is 37.9 Å². The van der Waals surface area contributed by atoms with Gasteiger partial charge in [0.2, 0.25) is 0 Å². The molecular formula is C14H17NO5. The molecule has 108 valence electrons. The molecular weight excluding hydrogens is 262 g/mol. The van der Waals surface area contributed by atoms with Crippen molar-refractivity contribution < 1.29 is 23.9 Å². The van der Waals surface area contributed by atoms with Crippen molar-refractivity contribution >= 4 is 17.7 Å². The number of ether oxygens (including phenoxy) is 2. The lowest BCUT2D eigenvalue weighted by Gasteiger charge is -2.06. The van der Waals surface area contributed by atoms with Gasteiger partial charge in [0.1, 0.15) is 5.75 Å². The summed E-state index contributed by atoms with van der Waals surface area (Å²) < 4.78 is 9.63. The highest BCUT2D eigenvalue weighted by Crippen LogP contribution is 2.07. The summed E-state index contributed by atoms with van der Waals surface area (Å²) in [5.74, 6) is -0.486. The number of ketones is 1. The molecule has 0 bridgehead atoms. The number of amides is 1. The largest absolute Gasteiger partial charge is 0.484 e. The third kappa shape index (κ3) is 6.53. The average molecular weight is 279 g/mol. The van der Waals surface area contributed by atoms with Crippen LogP contribution in [0.5, 0.6) is 5.75 Å². The first-order chi connectivity index (χ1) is 9.61. The Morgan fingerprint density at radius 3 is 2.45 bits per heavy atom. The Morgan fingerprint density at radius 2 is 1.80 bits per heavy atom. The van der Waals surface area contributed by atoms with E-state index in [-0.39, 0.29) is 37.7 Å². The highest BCUT2D eigenvalue weighted by atomic mass is 16.5. The summed E-state index contributed by atoms with van der Waals surface area (Å²) >= 11 is 0. The van der Waals surface area contributed by atoms with E-state index in [1.807, 2.05) is 6.07 Å². The lowest BCUT2D eigenvalue weighted by Crippen LogP contribution is -2.33. The fraction of sp³-hybridized carbons (Fsp3) is 0.357. The number of benzene rings is 1. The van der Waals surface area contributed by atoms with Crippen LogP contribution in [0.15, 0.2) is 30.3 Å². The molecule has 20 heavy (non-hydrogen) atoms. The van der Waals surface area contributed by atoms with Crippen molar-refractivity contribution in [2.75, 3.05) is 20.3 Å². The van der Waals surface area contributed by atoms with Crippen LogP contribution in [0.1, 0.15) is 12.8 Å². The van der Waals surface area contributed by atoms with Gasteiger partial charge in [-0.25, -0.2) is 0 Å². The third-order valence-electron chi connectivity index (χ3n) is 2.43. The molecule has 0 aliphatic heterocycles. The lowest BCUT2D eigenvalue weighted by atomic mass is 10.2. The second-order valence-electron chi connectivity index (χ2n) is 3.99. The number of para-hydroxylation sites is 1. The van der Waals surface area contributed by atoms with Gasteiger partial charge < -0.3 is 14.8 Å². The van der Waals surface area contributed by atoms with Crippen LogP contribution in [-0.2, 0) is 19.1 Å². The molecule has 1 N–H and O–H groups in total. The first kappa shape index (κ1) is 15.7. The highest BCUT2D eigenvalue weighted by molar-refractivity contribution is 5.88. The van der Waals surface area contributed by atoms with Crippen LogP contribution in [0.25, 0.3) is 0 Å². The van der Waals surface area contributed by atoms with Crippen LogP contribution in [0.4, 0.5) is 0 Å². The molecule has 0 heterocycles. The predicted octanol–water partition coefficient (Wildman–Crippen LogP) is 0.704. The number of nitrogens with one attached hydrogen (secondary N) is 1. The van der Waals surface area contributed by atoms with Crippen molar-refractivity contribution in [3.8, 4) is 5.75 Å². The molecule has 0 spiro atoms. The van der Waals surface area contributed by atoms with E-state index < -0.39 is 5.97 Å². The van der Waals surface area contributed by atoms with E-state index in [1.54, 1.807) is 24.3 Å². The number of carbonyl (C=O) groups excluding carboxylic acids is 3. The molecule has 1 aromatic rings. The van der Waals surface area contributed by atoms with Crippen molar-refractivity contribution in [3.63, 3.8) is 0 Å². The topological polar surface area (TPSA) is 81.7 Å². The number of rotatable bonds is 8. The molecule has 6 nitrogen and oxygen atoms in total. The molecule has 0 aliphatic rings. The van der Waals surface area contributed by atoms with E-state index >= 15 is 0 Å². The Balaban J connectivity index is 2.16. The van der Waals surface area contributed by atoms with Gasteiger partial charge in [0.05, 0.1) is 20.1 Å². The fourth-order valence-corrected chi connectivity index (χ4v) is 1.35. The second-order valence-corrected chi connectivity index (χ2v) is 3.99. The first-order valence-electron chi connectivity index (χ1n) is 6.15. The smallest absolute Gasteiger partial charge is 0.305 e. The second kappa shape index (κ2) is 8.68. The molecule has 1 aromatic carbocycles. The van der Waals surface area contributed by atoms with Crippen LogP contribution >= 0.6 is 0 Å². The van der Waals surface area contributed by atoms with Crippen LogP contribution in [0, 0.1) is 0 Å². The van der Waals surface area contributed by atoms with Crippen molar-refractivity contribution in [1.82, 2.24) is 5.32 Å². The van der Waals surface area contributed by atoms with Gasteiger partial charge >= 0.3 is 5.97 Å². The summed E-state index contributed by atoms with van der Waals surface area (Å²) in [7, 11) is 1.26. The van der Waals surface area contributed by atoms with E-state index in [2.05, 4.69) is 10.1 Å². The Kier molecular flexibility index (Phi) is 6.81. The number of hydrogen-bond donors (Lipinski definition) is 1. The van der Waals surface area contributed by atoms with E-state index in [9.17, 15) is 14.4 Å². The molecule has 1 amide bonds. The quantitative estimate of drug-likeness (QED) is 0.708. The van der Waals surface area contributed by atoms with Gasteiger partial charge in [-0.05, 0) is 12.1 Å². The van der Waals surface area contributed by atoms with Crippen molar-refractivity contribution in [2.45, 2.75) is 12.8 Å². The number of carbonyl (C=O) groups is 3. The first-order valence-corrected chi connectivity index (χ1v) is 6.15. The van der Waals surface area contributed by atoms with Gasteiger partial charge in [0, 0.05) is 6.42 Å². The van der Waals surface area contributed by atoms with Gasteiger partial charge in [0.15, 0.2) is 12.4 Å². The lowest BCUT2D eigenvalue weighted by molar-refractivity contribution is -0.141. The SMILES string of the molecule is COC(=O)CCC(=O)CNC(=O)COc1ccccc1. The molecule has 0 radical (unpaired) electrons. The number of methoxy groups -OCH3 is 1. The van der Waals surface area contributed by atoms with Gasteiger partial charge in [-0.3, -0.25) is 14.4 Å². The molecule has 0 saturated carbocycles. The number of hydrogen-bond acceptors (Lipinski definition) is 5. The van der Waals surface area contributed by atoms with Gasteiger partial charge in [0.25, 0.3) is 5.91 Å². The van der Waals surface area contributed by atoms with Crippen LogP contribution < -0.4 is 10.1 Å². The minimum atomic E-state index is -0.447. The van der Waals surface area contributed by atoms with E-state index in [4.69, 9.17) is 4.74 Å². The summed E-state index contributed by atoms with van der Waals surface area (Å²) in [6.45, 7) is -0.276. The normalized spacial score (nSPS) is 9.65. The molecule has 0 fully saturated rings. The summed E-state index contributed by atoms with van der Waals surface area (Å²) in [4.78, 5) is 33.6. The minimum Gasteiger partial charge on any atom is -0.484 e. The molecule has 0 aromatic heterocycles. The average Bonchev–Trinajstić information content (AvgIpc) is 2.49. The van der Waals surface area contributed by atoms with Gasteiger partial charge in [-0.15, -0.1) is 0 Å². The summed E-state index contributed by atoms with van der Waals surface area (Å²) in [6, 6.07) is 8.89. The van der Waals surface area contributed by atoms with Crippen molar-refractivity contribution in [3.05, 3.63) is 30.3 Å². The minimum absolute atomic E-state index is 0.0196. The monoisotopic (exact) mass is 279 g/mol. The molecule has 0 unspecified atom stereocenters. The maximum atomic E-state index is 11.4. The Morgan fingerprint density at radius 1 is 1.10 bits per heavy atom. The maximum absolute atomic E-state index is 11.4. The zero-order valence-corrected chi connectivity index (χ0v) is 11.3. The summed E-state index contributed by atoms with van der Waals surface area (Å²) in [5, 5.41) is 2.43. The maximum Gasteiger partial charge on any atom is 0.305 e. The summed E-state index contributed by atoms with van der Waals surface area (Å²) in [6.07, 6.45) is 0.0677. The Hall–Kier alpha value is -2.37. The Labute approximate surface area is 117 Å². The highest BCUT2D eigenvalue weighted by Gasteiger charge is 2.09. The predicted molar refractivity (Wildman–Crippen MR) is 71.2 cm³/mol. The van der Waals surface area contributed by atoms with E-state index in [0.717, 1.165) is 0 Å². The molecule has 0 saturated heterocycles. The standard InChI is InChI=1S/C14H17NO5/c1-19-14(18)8-7-11(16)9-15-13(17)10-20-12-5-3-2-4-6-12/h2-6H,7-10H2,1H3,(H,15,17). The Bertz CT molecular complexity index is 458. The summed E-state index contributed by atoms with van der Waals surface area (Å²) in [5.41, 5.74) is 0. The van der Waals surface area contributed by atoms with E-state index in [1.165, 1.54) is 7.11 Å². The van der Waals surface area contributed by atoms with Crippen LogP contribution in [0.3, 0.4) is 0 Å². The zero-order valence-electron chi connectivity index (χ0n) is 11.3. The van der Waals surface area contributed by atoms with Crippen molar-refractivity contribution in [1.29, 1.82) is 0 Å².